The molecule has 1 aromatic carbocycles. The molecule has 2 aromatic heterocycles. The SMILES string of the molecule is Cl.O=C(c1oc2ccccc2c1CSc1cccs1)N1CCNCC1. The van der Waals surface area contributed by atoms with E-state index in [4.69, 9.17) is 4.42 Å². The minimum absolute atomic E-state index is 0. The number of nitrogens with one attached hydrogen (secondary N) is 1. The van der Waals surface area contributed by atoms with Crippen molar-refractivity contribution in [2.24, 2.45) is 0 Å². The van der Waals surface area contributed by atoms with Crippen molar-refractivity contribution >= 4 is 52.4 Å². The van der Waals surface area contributed by atoms with Crippen LogP contribution in [0.15, 0.2) is 50.4 Å². The van der Waals surface area contributed by atoms with Crippen LogP contribution in [0.25, 0.3) is 11.0 Å². The van der Waals surface area contributed by atoms with Crippen molar-refractivity contribution in [1.29, 1.82) is 0 Å². The largest absolute Gasteiger partial charge is 0.451 e. The Bertz CT molecular complexity index is 842. The first kappa shape index (κ1) is 18.3. The molecule has 1 aliphatic heterocycles. The van der Waals surface area contributed by atoms with Crippen molar-refractivity contribution in [3.05, 3.63) is 53.1 Å². The molecule has 1 aliphatic rings. The lowest BCUT2D eigenvalue weighted by Crippen LogP contribution is -2.46. The molecule has 0 aliphatic carbocycles. The van der Waals surface area contributed by atoms with Gasteiger partial charge in [0.1, 0.15) is 5.58 Å². The maximum Gasteiger partial charge on any atom is 0.290 e. The number of amides is 1. The smallest absolute Gasteiger partial charge is 0.290 e. The summed E-state index contributed by atoms with van der Waals surface area (Å²) in [5.41, 5.74) is 1.80. The molecule has 0 spiro atoms. The van der Waals surface area contributed by atoms with Gasteiger partial charge in [-0.3, -0.25) is 4.79 Å². The van der Waals surface area contributed by atoms with E-state index in [2.05, 4.69) is 16.8 Å². The first-order valence-electron chi connectivity index (χ1n) is 7.99. The van der Waals surface area contributed by atoms with E-state index in [0.717, 1.165) is 48.5 Å². The van der Waals surface area contributed by atoms with Crippen LogP contribution in [0.5, 0.6) is 0 Å². The Balaban J connectivity index is 0.00000182. The van der Waals surface area contributed by atoms with Crippen molar-refractivity contribution in [2.45, 2.75) is 9.96 Å². The first-order chi connectivity index (χ1) is 11.8. The van der Waals surface area contributed by atoms with Gasteiger partial charge in [0.2, 0.25) is 0 Å². The van der Waals surface area contributed by atoms with Gasteiger partial charge in [-0.05, 0) is 17.5 Å². The quantitative estimate of drug-likeness (QED) is 0.672. The van der Waals surface area contributed by atoms with Gasteiger partial charge in [-0.25, -0.2) is 0 Å². The van der Waals surface area contributed by atoms with E-state index in [1.54, 1.807) is 23.1 Å². The van der Waals surface area contributed by atoms with Gasteiger partial charge < -0.3 is 14.6 Å². The molecule has 0 bridgehead atoms. The van der Waals surface area contributed by atoms with E-state index < -0.39 is 0 Å². The molecule has 1 N–H and O–H groups in total. The Kier molecular flexibility index (Phi) is 6.06. The monoisotopic (exact) mass is 394 g/mol. The van der Waals surface area contributed by atoms with Crippen LogP contribution in [0.4, 0.5) is 0 Å². The standard InChI is InChI=1S/C18H18N2O2S2.ClH/c21-18(20-9-7-19-8-10-20)17-14(12-24-16-6-3-11-23-16)13-4-1-2-5-15(13)22-17;/h1-6,11,19H,7-10,12H2;1H. The van der Waals surface area contributed by atoms with Gasteiger partial charge in [0, 0.05) is 42.9 Å². The minimum Gasteiger partial charge on any atom is -0.451 e. The zero-order valence-corrected chi connectivity index (χ0v) is 16.0. The molecule has 1 fully saturated rings. The van der Waals surface area contributed by atoms with Gasteiger partial charge in [-0.2, -0.15) is 0 Å². The summed E-state index contributed by atoms with van der Waals surface area (Å²) < 4.78 is 7.21. The topological polar surface area (TPSA) is 45.5 Å². The molecule has 0 radical (unpaired) electrons. The third-order valence-corrected chi connectivity index (χ3v) is 6.31. The number of hydrogen-bond donors (Lipinski definition) is 1. The second-order valence-electron chi connectivity index (χ2n) is 5.67. The summed E-state index contributed by atoms with van der Waals surface area (Å²) in [5, 5.41) is 6.39. The van der Waals surface area contributed by atoms with Crippen molar-refractivity contribution in [1.82, 2.24) is 10.2 Å². The average Bonchev–Trinajstić information content (AvgIpc) is 3.27. The summed E-state index contributed by atoms with van der Waals surface area (Å²) in [6, 6.07) is 12.1. The molecule has 1 saturated heterocycles. The zero-order chi connectivity index (χ0) is 16.4. The van der Waals surface area contributed by atoms with E-state index in [1.165, 1.54) is 4.21 Å². The van der Waals surface area contributed by atoms with Gasteiger partial charge in [0.25, 0.3) is 5.91 Å². The van der Waals surface area contributed by atoms with Crippen LogP contribution in [0.1, 0.15) is 16.1 Å². The van der Waals surface area contributed by atoms with Crippen LogP contribution in [-0.2, 0) is 5.75 Å². The molecule has 3 aromatic rings. The van der Waals surface area contributed by atoms with Crippen molar-refractivity contribution in [3.8, 4) is 0 Å². The summed E-state index contributed by atoms with van der Waals surface area (Å²) >= 11 is 3.47. The number of halogens is 1. The summed E-state index contributed by atoms with van der Waals surface area (Å²) in [6.07, 6.45) is 0. The number of rotatable bonds is 4. The number of carbonyl (C=O) groups is 1. The van der Waals surface area contributed by atoms with Crippen LogP contribution in [0.2, 0.25) is 0 Å². The second-order valence-corrected chi connectivity index (χ2v) is 7.89. The third kappa shape index (κ3) is 3.87. The number of para-hydroxylation sites is 1. The van der Waals surface area contributed by atoms with Crippen molar-refractivity contribution in [2.75, 3.05) is 26.2 Å². The molecule has 3 heterocycles. The van der Waals surface area contributed by atoms with Crippen LogP contribution in [-0.4, -0.2) is 37.0 Å². The van der Waals surface area contributed by atoms with Crippen LogP contribution >= 0.6 is 35.5 Å². The third-order valence-electron chi connectivity index (χ3n) is 4.15. The van der Waals surface area contributed by atoms with E-state index >= 15 is 0 Å². The number of fused-ring (bicyclic) bond motifs is 1. The number of carbonyl (C=O) groups excluding carboxylic acids is 1. The zero-order valence-electron chi connectivity index (χ0n) is 13.6. The summed E-state index contributed by atoms with van der Waals surface area (Å²) in [6.45, 7) is 3.14. The van der Waals surface area contributed by atoms with Gasteiger partial charge in [0.05, 0.1) is 4.21 Å². The number of hydrogen-bond acceptors (Lipinski definition) is 5. The fourth-order valence-corrected chi connectivity index (χ4v) is 4.73. The molecule has 4 nitrogen and oxygen atoms in total. The predicted molar refractivity (Wildman–Crippen MR) is 106 cm³/mol. The maximum absolute atomic E-state index is 12.9. The Morgan fingerprint density at radius 2 is 2.00 bits per heavy atom. The Morgan fingerprint density at radius 3 is 2.76 bits per heavy atom. The van der Waals surface area contributed by atoms with E-state index in [9.17, 15) is 4.79 Å². The Hall–Kier alpha value is -1.47. The maximum atomic E-state index is 12.9. The van der Waals surface area contributed by atoms with E-state index in [0.29, 0.717) is 5.76 Å². The molecular formula is C18H19ClN2O2S2. The van der Waals surface area contributed by atoms with Gasteiger partial charge in [0.15, 0.2) is 5.76 Å². The summed E-state index contributed by atoms with van der Waals surface area (Å²) in [5.74, 6) is 1.25. The van der Waals surface area contributed by atoms with E-state index in [-0.39, 0.29) is 18.3 Å². The minimum atomic E-state index is 0. The Morgan fingerprint density at radius 1 is 1.20 bits per heavy atom. The molecule has 25 heavy (non-hydrogen) atoms. The first-order valence-corrected chi connectivity index (χ1v) is 9.86. The van der Waals surface area contributed by atoms with Crippen LogP contribution in [0.3, 0.4) is 0 Å². The number of nitrogens with zero attached hydrogens (tertiary/aromatic N) is 1. The van der Waals surface area contributed by atoms with Gasteiger partial charge in [-0.1, -0.05) is 24.3 Å². The number of thioether (sulfide) groups is 1. The van der Waals surface area contributed by atoms with Crippen LogP contribution in [0, 0.1) is 0 Å². The highest BCUT2D eigenvalue weighted by Crippen LogP contribution is 2.34. The van der Waals surface area contributed by atoms with Crippen molar-refractivity contribution in [3.63, 3.8) is 0 Å². The molecule has 7 heteroatoms. The highest BCUT2D eigenvalue weighted by molar-refractivity contribution is 8.00. The summed E-state index contributed by atoms with van der Waals surface area (Å²) in [7, 11) is 0. The number of furan rings is 1. The number of thiophene rings is 1. The predicted octanol–water partition coefficient (Wildman–Crippen LogP) is 4.25. The fourth-order valence-electron chi connectivity index (χ4n) is 2.92. The van der Waals surface area contributed by atoms with Crippen LogP contribution < -0.4 is 5.32 Å². The average molecular weight is 395 g/mol. The van der Waals surface area contributed by atoms with Gasteiger partial charge >= 0.3 is 0 Å². The fraction of sp³-hybridized carbons (Fsp3) is 0.278. The molecule has 0 atom stereocenters. The lowest BCUT2D eigenvalue weighted by molar-refractivity contribution is 0.0705. The number of piperazine rings is 1. The molecular weight excluding hydrogens is 376 g/mol. The highest BCUT2D eigenvalue weighted by atomic mass is 35.5. The molecule has 1 amide bonds. The molecule has 4 rings (SSSR count). The highest BCUT2D eigenvalue weighted by Gasteiger charge is 2.26. The normalized spacial score (nSPS) is 14.5. The summed E-state index contributed by atoms with van der Waals surface area (Å²) in [4.78, 5) is 14.8. The molecule has 132 valence electrons. The Labute approximate surface area is 161 Å². The molecule has 0 saturated carbocycles. The lowest BCUT2D eigenvalue weighted by Gasteiger charge is -2.26. The molecule has 0 unspecified atom stereocenters. The lowest BCUT2D eigenvalue weighted by atomic mass is 10.1. The van der Waals surface area contributed by atoms with E-state index in [1.807, 2.05) is 35.2 Å². The second kappa shape index (κ2) is 8.27. The van der Waals surface area contributed by atoms with Gasteiger partial charge in [-0.15, -0.1) is 35.5 Å². The van der Waals surface area contributed by atoms with Crippen molar-refractivity contribution < 1.29 is 9.21 Å². The number of benzene rings is 1.